The molecule has 0 aliphatic rings. The summed E-state index contributed by atoms with van der Waals surface area (Å²) in [6.45, 7) is 0. The van der Waals surface area contributed by atoms with Crippen molar-refractivity contribution in [1.29, 1.82) is 0 Å². The predicted molar refractivity (Wildman–Crippen MR) is 7.13 cm³/mol. The molecule has 0 unspecified atom stereocenters. The van der Waals surface area contributed by atoms with E-state index in [1.165, 1.54) is 0 Å². The van der Waals surface area contributed by atoms with Crippen molar-refractivity contribution in [2.45, 2.75) is 0 Å². The van der Waals surface area contributed by atoms with Gasteiger partial charge in [0.15, 0.2) is 0 Å². The first-order chi connectivity index (χ1) is 1.41. The third-order valence-corrected chi connectivity index (χ3v) is 0. The molecule has 0 aromatic rings. The molecule has 0 aromatic heterocycles. The van der Waals surface area contributed by atoms with Gasteiger partial charge in [-0.05, 0) is 0 Å². The summed E-state index contributed by atoms with van der Waals surface area (Å²) >= 11 is -2.27. The predicted octanol–water partition coefficient (Wildman–Crippen LogP) is -0.621. The zero-order valence-electron chi connectivity index (χ0n) is 1.76. The van der Waals surface area contributed by atoms with Gasteiger partial charge < -0.3 is 0 Å². The third kappa shape index (κ3) is 11.1. The summed E-state index contributed by atoms with van der Waals surface area (Å²) in [5.74, 6) is 0. The van der Waals surface area contributed by atoms with Crippen LogP contribution >= 0.6 is 0 Å². The van der Waals surface area contributed by atoms with Gasteiger partial charge in [0.2, 0.25) is 0 Å². The Labute approximate surface area is 49.5 Å². The van der Waals surface area contributed by atoms with Crippen LogP contribution in [-0.4, -0.2) is 21.1 Å². The average molecular weight is 244 g/mol. The van der Waals surface area contributed by atoms with Gasteiger partial charge in [-0.3, -0.25) is 0 Å². The van der Waals surface area contributed by atoms with Crippen molar-refractivity contribution in [2.24, 2.45) is 0 Å². The van der Waals surface area contributed by atoms with E-state index in [1.807, 2.05) is 0 Å². The van der Waals surface area contributed by atoms with Crippen molar-refractivity contribution < 1.29 is 28.5 Å². The summed E-state index contributed by atoms with van der Waals surface area (Å²) in [5, 5.41) is 0. The number of rotatable bonds is 0. The van der Waals surface area contributed by atoms with Crippen molar-refractivity contribution in [3.63, 3.8) is 0 Å². The second-order valence-electron chi connectivity index (χ2n) is 0.0833. The summed E-state index contributed by atoms with van der Waals surface area (Å²) in [7, 11) is 0. The molecule has 4 heavy (non-hydrogen) atoms. The van der Waals surface area contributed by atoms with E-state index in [0.29, 0.717) is 0 Å². The monoisotopic (exact) mass is 245 g/mol. The van der Waals surface area contributed by atoms with Gasteiger partial charge >= 0.3 is 27.3 Å². The van der Waals surface area contributed by atoms with Crippen LogP contribution in [0.1, 0.15) is 0 Å². The van der Waals surface area contributed by atoms with Crippen molar-refractivity contribution in [3.05, 3.63) is 0 Å². The molecule has 0 atom stereocenters. The van der Waals surface area contributed by atoms with Gasteiger partial charge in [-0.1, -0.05) is 0 Å². The normalized spacial score (nSPS) is 2.00. The van der Waals surface area contributed by atoms with Gasteiger partial charge in [-0.2, -0.15) is 0 Å². The number of hydrogen-bond donors (Lipinski definition) is 0. The van der Waals surface area contributed by atoms with E-state index in [1.54, 1.807) is 0 Å². The zero-order chi connectivity index (χ0) is 2.71. The molecule has 0 heterocycles. The van der Waals surface area contributed by atoms with Gasteiger partial charge in [-0.25, -0.2) is 0 Å². The Morgan fingerprint density at radius 1 is 1.25 bits per heavy atom. The van der Waals surface area contributed by atoms with E-state index in [9.17, 15) is 0 Å². The Hall–Kier alpha value is 1.14. The molecule has 0 spiro atoms. The molecule has 0 rings (SSSR count). The molecule has 0 N–H and O–H groups in total. The van der Waals surface area contributed by atoms with E-state index in [2.05, 4.69) is 0 Å². The van der Waals surface area contributed by atoms with E-state index >= 15 is 0 Å². The Kier molecular flexibility index (Phi) is 19.9. The maximum absolute atomic E-state index is 8.54. The van der Waals surface area contributed by atoms with Crippen molar-refractivity contribution in [1.82, 2.24) is 0 Å². The van der Waals surface area contributed by atoms with Gasteiger partial charge in [-0.15, -0.1) is 0 Å². The summed E-state index contributed by atoms with van der Waals surface area (Å²) in [6, 6.07) is 0. The van der Waals surface area contributed by atoms with E-state index in [-0.39, 0.29) is 22.4 Å². The van der Waals surface area contributed by atoms with Crippen LogP contribution in [0.5, 0.6) is 0 Å². The summed E-state index contributed by atoms with van der Waals surface area (Å²) in [5.41, 5.74) is 0. The van der Waals surface area contributed by atoms with Gasteiger partial charge in [0.05, 0.1) is 0 Å². The fraction of sp³-hybridized carbons (Fsp3) is 0. The second kappa shape index (κ2) is 8.91. The van der Waals surface area contributed by atoms with E-state index in [4.69, 9.17) is 6.15 Å². The van der Waals surface area contributed by atoms with E-state index in [0.717, 1.165) is 0 Å². The molecule has 1 radical (unpaired) electrons. The first-order valence-electron chi connectivity index (χ1n) is 0.408. The molecule has 4 heteroatoms. The SMILES string of the molecule is [Nb].[O]=[Sn]=[O]. The Morgan fingerprint density at radius 3 is 1.25 bits per heavy atom. The minimum atomic E-state index is -2.27. The Bertz CT molecular complexity index is 27.0. The molecule has 2 nitrogen and oxygen atoms in total. The van der Waals surface area contributed by atoms with Crippen molar-refractivity contribution in [3.8, 4) is 0 Å². The molecule has 0 saturated carbocycles. The quantitative estimate of drug-likeness (QED) is 0.532. The topological polar surface area (TPSA) is 34.1 Å². The van der Waals surface area contributed by atoms with Crippen LogP contribution in [0.3, 0.4) is 0 Å². The van der Waals surface area contributed by atoms with Crippen LogP contribution < -0.4 is 0 Å². The number of hydrogen-bond acceptors (Lipinski definition) is 2. The van der Waals surface area contributed by atoms with Crippen molar-refractivity contribution >= 4 is 21.1 Å². The zero-order valence-corrected chi connectivity index (χ0v) is 6.82. The van der Waals surface area contributed by atoms with Crippen LogP contribution in [0.4, 0.5) is 0 Å². The summed E-state index contributed by atoms with van der Waals surface area (Å²) < 4.78 is 17.1. The molecule has 0 aliphatic carbocycles. The van der Waals surface area contributed by atoms with Crippen molar-refractivity contribution in [2.75, 3.05) is 0 Å². The molecule has 0 aliphatic heterocycles. The summed E-state index contributed by atoms with van der Waals surface area (Å²) in [4.78, 5) is 0. The van der Waals surface area contributed by atoms with Gasteiger partial charge in [0, 0.05) is 22.4 Å². The first kappa shape index (κ1) is 8.93. The van der Waals surface area contributed by atoms with Crippen LogP contribution in [0, 0.1) is 0 Å². The molecular weight excluding hydrogens is 244 g/mol. The van der Waals surface area contributed by atoms with Crippen LogP contribution in [0.2, 0.25) is 0 Å². The third-order valence-electron chi connectivity index (χ3n) is 0. The Balaban J connectivity index is 0. The molecule has 0 fully saturated rings. The molecule has 0 amide bonds. The van der Waals surface area contributed by atoms with Crippen LogP contribution in [-0.2, 0) is 28.5 Å². The fourth-order valence-corrected chi connectivity index (χ4v) is 0. The maximum atomic E-state index is 8.54. The standard InChI is InChI=1S/Nb.2O.Sn. The van der Waals surface area contributed by atoms with Crippen LogP contribution in [0.15, 0.2) is 0 Å². The van der Waals surface area contributed by atoms with Gasteiger partial charge in [0.1, 0.15) is 0 Å². The van der Waals surface area contributed by atoms with E-state index < -0.39 is 21.1 Å². The Morgan fingerprint density at radius 2 is 1.25 bits per heavy atom. The molecular formula is NbO2Sn. The second-order valence-corrected chi connectivity index (χ2v) is 0.559. The average Bonchev–Trinajstić information content (AvgIpc) is 0.918. The molecule has 0 bridgehead atoms. The fourth-order valence-electron chi connectivity index (χ4n) is 0. The minimum absolute atomic E-state index is 0. The van der Waals surface area contributed by atoms with Crippen LogP contribution in [0.25, 0.3) is 0 Å². The molecule has 0 aromatic carbocycles. The van der Waals surface area contributed by atoms with Gasteiger partial charge in [0.25, 0.3) is 0 Å². The molecule has 21 valence electrons. The summed E-state index contributed by atoms with van der Waals surface area (Å²) in [6.07, 6.45) is 0. The molecule has 0 saturated heterocycles. The first-order valence-corrected chi connectivity index (χ1v) is 2.74.